The first-order valence-corrected chi connectivity index (χ1v) is 12.6. The maximum Gasteiger partial charge on any atom is 0.252 e. The lowest BCUT2D eigenvalue weighted by molar-refractivity contribution is 0.181. The molecule has 1 N–H and O–H groups in total. The molecule has 0 aromatic carbocycles. The van der Waals surface area contributed by atoms with E-state index in [4.69, 9.17) is 0 Å². The zero-order valence-electron chi connectivity index (χ0n) is 17.7. The van der Waals surface area contributed by atoms with Gasteiger partial charge in [-0.15, -0.1) is 11.3 Å². The number of nitrogens with zero attached hydrogens (tertiary/aromatic N) is 3. The summed E-state index contributed by atoms with van der Waals surface area (Å²) in [6, 6.07) is 9.35. The molecule has 1 saturated heterocycles. The molecule has 0 radical (unpaired) electrons. The van der Waals surface area contributed by atoms with Crippen molar-refractivity contribution in [2.45, 2.75) is 31.0 Å². The van der Waals surface area contributed by atoms with Crippen molar-refractivity contribution >= 4 is 21.4 Å². The first kappa shape index (κ1) is 21.9. The van der Waals surface area contributed by atoms with Crippen molar-refractivity contribution in [2.75, 3.05) is 26.2 Å². The summed E-state index contributed by atoms with van der Waals surface area (Å²) in [5.74, 6) is 0. The van der Waals surface area contributed by atoms with E-state index in [1.807, 2.05) is 38.1 Å². The van der Waals surface area contributed by atoms with E-state index >= 15 is 0 Å². The van der Waals surface area contributed by atoms with Crippen molar-refractivity contribution < 1.29 is 8.42 Å². The van der Waals surface area contributed by atoms with E-state index in [9.17, 15) is 13.2 Å². The highest BCUT2D eigenvalue weighted by Crippen LogP contribution is 2.34. The van der Waals surface area contributed by atoms with Crippen LogP contribution in [0.1, 0.15) is 23.7 Å². The number of H-pyrrole nitrogens is 1. The van der Waals surface area contributed by atoms with Crippen LogP contribution in [0.3, 0.4) is 0 Å². The fourth-order valence-corrected chi connectivity index (χ4v) is 6.75. The molecule has 0 spiro atoms. The number of piperazine rings is 1. The average Bonchev–Trinajstić information content (AvgIpc) is 3.26. The van der Waals surface area contributed by atoms with E-state index in [0.29, 0.717) is 42.4 Å². The summed E-state index contributed by atoms with van der Waals surface area (Å²) >= 11 is 1.26. The zero-order chi connectivity index (χ0) is 22.0. The maximum absolute atomic E-state index is 13.2. The second kappa shape index (κ2) is 9.04. The molecule has 1 aliphatic rings. The highest BCUT2D eigenvalue weighted by Gasteiger charge is 2.30. The highest BCUT2D eigenvalue weighted by molar-refractivity contribution is 7.91. The molecule has 9 heteroatoms. The Hall–Kier alpha value is -2.33. The van der Waals surface area contributed by atoms with Gasteiger partial charge in [0.25, 0.3) is 15.6 Å². The van der Waals surface area contributed by atoms with Gasteiger partial charge in [-0.2, -0.15) is 4.31 Å². The van der Waals surface area contributed by atoms with E-state index in [1.165, 1.54) is 16.9 Å². The molecular formula is C22H26N4O3S2. The standard InChI is InChI=1S/C22H26N4O3S2/c1-3-18-14-19(16(2)24-22(18)27)20-4-5-21(30-20)31(28,29)26-12-10-25(11-13-26)15-17-6-8-23-9-7-17/h4-9,14H,3,10-13,15H2,1-2H3,(H,24,27). The number of pyridine rings is 2. The molecule has 0 saturated carbocycles. The van der Waals surface area contributed by atoms with Crippen LogP contribution >= 0.6 is 11.3 Å². The lowest BCUT2D eigenvalue weighted by atomic mass is 10.1. The van der Waals surface area contributed by atoms with Crippen LogP contribution in [0.2, 0.25) is 0 Å². The molecule has 1 aliphatic heterocycles. The predicted molar refractivity (Wildman–Crippen MR) is 123 cm³/mol. The fraction of sp³-hybridized carbons (Fsp3) is 0.364. The van der Waals surface area contributed by atoms with Gasteiger partial charge in [0.2, 0.25) is 0 Å². The van der Waals surface area contributed by atoms with Crippen LogP contribution in [-0.4, -0.2) is 53.8 Å². The number of aromatic nitrogens is 2. The quantitative estimate of drug-likeness (QED) is 0.614. The summed E-state index contributed by atoms with van der Waals surface area (Å²) in [5, 5.41) is 0. The molecule has 1 fully saturated rings. The minimum Gasteiger partial charge on any atom is -0.326 e. The van der Waals surface area contributed by atoms with Gasteiger partial charge in [0, 0.05) is 66.8 Å². The molecule has 164 valence electrons. The van der Waals surface area contributed by atoms with Gasteiger partial charge in [0.05, 0.1) is 0 Å². The minimum absolute atomic E-state index is 0.0854. The molecule has 0 bridgehead atoms. The number of aryl methyl sites for hydroxylation is 2. The molecule has 0 amide bonds. The SMILES string of the molecule is CCc1cc(-c2ccc(S(=O)(=O)N3CCN(Cc4ccncc4)CC3)s2)c(C)[nH]c1=O. The Kier molecular flexibility index (Phi) is 6.38. The molecule has 0 aliphatic carbocycles. The minimum atomic E-state index is -3.54. The van der Waals surface area contributed by atoms with E-state index in [1.54, 1.807) is 22.8 Å². The van der Waals surface area contributed by atoms with Gasteiger partial charge >= 0.3 is 0 Å². The first-order chi connectivity index (χ1) is 14.9. The van der Waals surface area contributed by atoms with E-state index in [-0.39, 0.29) is 5.56 Å². The van der Waals surface area contributed by atoms with Crippen molar-refractivity contribution in [3.8, 4) is 10.4 Å². The third-order valence-corrected chi connectivity index (χ3v) is 9.11. The number of hydrogen-bond donors (Lipinski definition) is 1. The molecule has 3 aromatic rings. The van der Waals surface area contributed by atoms with Crippen molar-refractivity contribution in [1.82, 2.24) is 19.2 Å². The van der Waals surface area contributed by atoms with Crippen molar-refractivity contribution in [3.05, 3.63) is 69.9 Å². The predicted octanol–water partition coefficient (Wildman–Crippen LogP) is 2.88. The Bertz CT molecular complexity index is 1210. The van der Waals surface area contributed by atoms with Crippen molar-refractivity contribution in [2.24, 2.45) is 0 Å². The van der Waals surface area contributed by atoms with E-state index in [0.717, 1.165) is 22.7 Å². The highest BCUT2D eigenvalue weighted by atomic mass is 32.2. The molecule has 31 heavy (non-hydrogen) atoms. The summed E-state index contributed by atoms with van der Waals surface area (Å²) < 4.78 is 28.3. The van der Waals surface area contributed by atoms with Crippen LogP contribution < -0.4 is 5.56 Å². The second-order valence-corrected chi connectivity index (χ2v) is 10.9. The molecule has 7 nitrogen and oxygen atoms in total. The number of sulfonamides is 1. The third kappa shape index (κ3) is 4.64. The van der Waals surface area contributed by atoms with E-state index < -0.39 is 10.0 Å². The maximum atomic E-state index is 13.2. The Balaban J connectivity index is 1.48. The van der Waals surface area contributed by atoms with Crippen LogP contribution in [0.4, 0.5) is 0 Å². The summed E-state index contributed by atoms with van der Waals surface area (Å²) in [6.07, 6.45) is 4.18. The van der Waals surface area contributed by atoms with Gasteiger partial charge in [-0.25, -0.2) is 8.42 Å². The van der Waals surface area contributed by atoms with Gasteiger partial charge in [0.15, 0.2) is 0 Å². The first-order valence-electron chi connectivity index (χ1n) is 10.3. The monoisotopic (exact) mass is 458 g/mol. The van der Waals surface area contributed by atoms with Gasteiger partial charge in [-0.05, 0) is 49.2 Å². The molecule has 0 atom stereocenters. The second-order valence-electron chi connectivity index (χ2n) is 7.67. The Morgan fingerprint density at radius 2 is 1.81 bits per heavy atom. The van der Waals surface area contributed by atoms with E-state index in [2.05, 4.69) is 14.9 Å². The van der Waals surface area contributed by atoms with Crippen LogP contribution in [-0.2, 0) is 23.0 Å². The number of nitrogens with one attached hydrogen (secondary N) is 1. The number of aromatic amines is 1. The largest absolute Gasteiger partial charge is 0.326 e. The van der Waals surface area contributed by atoms with Gasteiger partial charge < -0.3 is 4.98 Å². The third-order valence-electron chi connectivity index (χ3n) is 5.62. The van der Waals surface area contributed by atoms with Crippen LogP contribution in [0, 0.1) is 6.92 Å². The molecule has 3 aromatic heterocycles. The fourth-order valence-electron chi connectivity index (χ4n) is 3.79. The molecular weight excluding hydrogens is 432 g/mol. The van der Waals surface area contributed by atoms with Crippen LogP contribution in [0.5, 0.6) is 0 Å². The number of rotatable bonds is 6. The van der Waals surface area contributed by atoms with Crippen LogP contribution in [0.25, 0.3) is 10.4 Å². The molecule has 4 heterocycles. The summed E-state index contributed by atoms with van der Waals surface area (Å²) in [5.41, 5.74) is 3.42. The summed E-state index contributed by atoms with van der Waals surface area (Å²) in [4.78, 5) is 22.0. The van der Waals surface area contributed by atoms with Crippen LogP contribution in [0.15, 0.2) is 51.7 Å². The Morgan fingerprint density at radius 1 is 1.10 bits per heavy atom. The molecule has 4 rings (SSSR count). The topological polar surface area (TPSA) is 86.4 Å². The Labute approximate surface area is 186 Å². The Morgan fingerprint density at radius 3 is 2.48 bits per heavy atom. The lowest BCUT2D eigenvalue weighted by Gasteiger charge is -2.33. The molecule has 0 unspecified atom stereocenters. The number of thiophene rings is 1. The van der Waals surface area contributed by atoms with Gasteiger partial charge in [0.1, 0.15) is 4.21 Å². The summed E-state index contributed by atoms with van der Waals surface area (Å²) in [7, 11) is -3.54. The average molecular weight is 459 g/mol. The smallest absolute Gasteiger partial charge is 0.252 e. The van der Waals surface area contributed by atoms with Crippen molar-refractivity contribution in [3.63, 3.8) is 0 Å². The zero-order valence-corrected chi connectivity index (χ0v) is 19.3. The normalized spacial score (nSPS) is 15.9. The summed E-state index contributed by atoms with van der Waals surface area (Å²) in [6.45, 7) is 6.90. The van der Waals surface area contributed by atoms with Gasteiger partial charge in [-0.3, -0.25) is 14.7 Å². The number of hydrogen-bond acceptors (Lipinski definition) is 6. The lowest BCUT2D eigenvalue weighted by Crippen LogP contribution is -2.48. The van der Waals surface area contributed by atoms with Gasteiger partial charge in [-0.1, -0.05) is 6.92 Å². The van der Waals surface area contributed by atoms with Crippen molar-refractivity contribution in [1.29, 1.82) is 0 Å².